The molecule has 1 atom stereocenters. The molecule has 0 bridgehead atoms. The zero-order chi connectivity index (χ0) is 20.7. The number of amides is 2. The molecule has 2 amide bonds. The van der Waals surface area contributed by atoms with Crippen molar-refractivity contribution >= 4 is 17.7 Å². The molecule has 1 aromatic carbocycles. The first-order chi connectivity index (χ1) is 13.2. The Morgan fingerprint density at radius 2 is 2.04 bits per heavy atom. The number of aryl methyl sites for hydroxylation is 1. The summed E-state index contributed by atoms with van der Waals surface area (Å²) in [6.45, 7) is 8.80. The van der Waals surface area contributed by atoms with E-state index >= 15 is 0 Å². The molecule has 0 aliphatic carbocycles. The monoisotopic (exact) mass is 392 g/mol. The van der Waals surface area contributed by atoms with Crippen molar-refractivity contribution in [3.8, 4) is 0 Å². The molecule has 1 unspecified atom stereocenters. The number of hydrogen-bond acceptors (Lipinski definition) is 5. The molecule has 2 rings (SSSR count). The Kier molecular flexibility index (Phi) is 7.83. The van der Waals surface area contributed by atoms with E-state index in [1.165, 1.54) is 0 Å². The lowest BCUT2D eigenvalue weighted by Crippen LogP contribution is -2.33. The minimum Gasteiger partial charge on any atom is -0.444 e. The number of carbonyl (C=O) groups is 2. The molecule has 0 spiro atoms. The molecular weight excluding hydrogens is 360 g/mol. The third-order valence-corrected chi connectivity index (χ3v) is 4.42. The van der Waals surface area contributed by atoms with Crippen molar-refractivity contribution in [1.29, 1.82) is 0 Å². The number of alkyl carbamates (subject to hydrolysis) is 1. The molecule has 0 saturated carbocycles. The summed E-state index contributed by atoms with van der Waals surface area (Å²) in [7, 11) is 1.59. The Labute approximate surface area is 167 Å². The van der Waals surface area contributed by atoms with E-state index in [9.17, 15) is 9.59 Å². The summed E-state index contributed by atoms with van der Waals surface area (Å²) in [4.78, 5) is 23.6. The number of anilines is 1. The minimum atomic E-state index is -0.521. The molecule has 156 valence electrons. The molecule has 1 aliphatic heterocycles. The fraction of sp³-hybridized carbons (Fsp3) is 0.619. The standard InChI is InChI=1S/C21H32N2O5/c1-14(12-27-13-26-5)17-11-18-16(6-7-19(24)23-18)10-15(17)8-9-22-20(25)28-21(2,3)4/h10-11,14H,6-9,12-13H2,1-5H3,(H,22,25)(H,23,24). The van der Waals surface area contributed by atoms with Crippen molar-refractivity contribution in [3.05, 3.63) is 28.8 Å². The maximum atomic E-state index is 11.9. The van der Waals surface area contributed by atoms with E-state index in [2.05, 4.69) is 23.6 Å². The second-order valence-corrected chi connectivity index (χ2v) is 8.11. The zero-order valence-electron chi connectivity index (χ0n) is 17.5. The third-order valence-electron chi connectivity index (χ3n) is 4.42. The number of benzene rings is 1. The summed E-state index contributed by atoms with van der Waals surface area (Å²) in [6.07, 6.45) is 1.47. The Morgan fingerprint density at radius 3 is 2.71 bits per heavy atom. The molecular formula is C21H32N2O5. The molecule has 1 aromatic rings. The molecule has 2 N–H and O–H groups in total. The maximum absolute atomic E-state index is 11.9. The van der Waals surface area contributed by atoms with Crippen LogP contribution in [0.2, 0.25) is 0 Å². The number of hydrogen-bond donors (Lipinski definition) is 2. The van der Waals surface area contributed by atoms with E-state index in [0.29, 0.717) is 26.0 Å². The number of nitrogens with one attached hydrogen (secondary N) is 2. The number of ether oxygens (including phenoxy) is 3. The molecule has 0 radical (unpaired) electrons. The van der Waals surface area contributed by atoms with Crippen LogP contribution >= 0.6 is 0 Å². The lowest BCUT2D eigenvalue weighted by atomic mass is 9.89. The van der Waals surface area contributed by atoms with Crippen LogP contribution in [0.1, 0.15) is 56.7 Å². The van der Waals surface area contributed by atoms with Crippen molar-refractivity contribution in [1.82, 2.24) is 5.32 Å². The van der Waals surface area contributed by atoms with Crippen molar-refractivity contribution in [3.63, 3.8) is 0 Å². The Morgan fingerprint density at radius 1 is 1.29 bits per heavy atom. The highest BCUT2D eigenvalue weighted by Crippen LogP contribution is 2.31. The zero-order valence-corrected chi connectivity index (χ0v) is 17.5. The van der Waals surface area contributed by atoms with Crippen LogP contribution in [0.3, 0.4) is 0 Å². The summed E-state index contributed by atoms with van der Waals surface area (Å²) >= 11 is 0. The minimum absolute atomic E-state index is 0.0427. The van der Waals surface area contributed by atoms with E-state index in [1.807, 2.05) is 26.8 Å². The van der Waals surface area contributed by atoms with Gasteiger partial charge in [-0.05, 0) is 56.4 Å². The van der Waals surface area contributed by atoms with Gasteiger partial charge in [-0.1, -0.05) is 13.0 Å². The summed E-state index contributed by atoms with van der Waals surface area (Å²) in [6, 6.07) is 4.17. The summed E-state index contributed by atoms with van der Waals surface area (Å²) < 4.78 is 15.8. The van der Waals surface area contributed by atoms with Gasteiger partial charge < -0.3 is 24.8 Å². The van der Waals surface area contributed by atoms with Crippen LogP contribution in [0.15, 0.2) is 12.1 Å². The Balaban J connectivity index is 2.11. The van der Waals surface area contributed by atoms with Crippen molar-refractivity contribution in [2.24, 2.45) is 0 Å². The molecule has 28 heavy (non-hydrogen) atoms. The summed E-state index contributed by atoms with van der Waals surface area (Å²) in [5, 5.41) is 5.77. The highest BCUT2D eigenvalue weighted by Gasteiger charge is 2.21. The normalized spacial score (nSPS) is 14.8. The predicted molar refractivity (Wildman–Crippen MR) is 108 cm³/mol. The fourth-order valence-electron chi connectivity index (χ4n) is 3.18. The van der Waals surface area contributed by atoms with Crippen LogP contribution in [0.4, 0.5) is 10.5 Å². The second kappa shape index (κ2) is 9.89. The van der Waals surface area contributed by atoms with Crippen LogP contribution in [0.25, 0.3) is 0 Å². The lowest BCUT2D eigenvalue weighted by Gasteiger charge is -2.24. The third kappa shape index (κ3) is 6.80. The largest absolute Gasteiger partial charge is 0.444 e. The quantitative estimate of drug-likeness (QED) is 0.523. The van der Waals surface area contributed by atoms with Gasteiger partial charge in [0.25, 0.3) is 0 Å². The smallest absolute Gasteiger partial charge is 0.407 e. The van der Waals surface area contributed by atoms with Gasteiger partial charge in [-0.2, -0.15) is 0 Å². The van der Waals surface area contributed by atoms with Crippen LogP contribution in [0.5, 0.6) is 0 Å². The first kappa shape index (κ1) is 22.2. The van der Waals surface area contributed by atoms with E-state index in [0.717, 1.165) is 28.8 Å². The number of rotatable bonds is 8. The van der Waals surface area contributed by atoms with Gasteiger partial charge in [-0.25, -0.2) is 4.79 Å². The number of fused-ring (bicyclic) bond motifs is 1. The maximum Gasteiger partial charge on any atom is 0.407 e. The topological polar surface area (TPSA) is 85.9 Å². The van der Waals surface area contributed by atoms with Crippen molar-refractivity contribution in [2.75, 3.05) is 32.4 Å². The first-order valence-corrected chi connectivity index (χ1v) is 9.68. The molecule has 1 aliphatic rings. The molecule has 0 aromatic heterocycles. The molecule has 1 heterocycles. The van der Waals surface area contributed by atoms with E-state index in [1.54, 1.807) is 7.11 Å². The average Bonchev–Trinajstić information content (AvgIpc) is 2.59. The molecule has 7 heteroatoms. The Bertz CT molecular complexity index is 697. The van der Waals surface area contributed by atoms with Gasteiger partial charge in [-0.15, -0.1) is 0 Å². The highest BCUT2D eigenvalue weighted by molar-refractivity contribution is 5.94. The summed E-state index contributed by atoms with van der Waals surface area (Å²) in [5.74, 6) is 0.164. The van der Waals surface area contributed by atoms with Gasteiger partial charge in [-0.3, -0.25) is 4.79 Å². The van der Waals surface area contributed by atoms with Crippen molar-refractivity contribution < 1.29 is 23.8 Å². The van der Waals surface area contributed by atoms with Crippen LogP contribution in [-0.2, 0) is 31.8 Å². The molecule has 0 fully saturated rings. The molecule has 0 saturated heterocycles. The number of methoxy groups -OCH3 is 1. The van der Waals surface area contributed by atoms with Crippen LogP contribution in [0, 0.1) is 0 Å². The van der Waals surface area contributed by atoms with Gasteiger partial charge >= 0.3 is 6.09 Å². The van der Waals surface area contributed by atoms with Gasteiger partial charge in [0.05, 0.1) is 6.61 Å². The highest BCUT2D eigenvalue weighted by atomic mass is 16.7. The lowest BCUT2D eigenvalue weighted by molar-refractivity contribution is -0.116. The Hall–Kier alpha value is -2.12. The van der Waals surface area contributed by atoms with Crippen molar-refractivity contribution in [2.45, 2.75) is 58.5 Å². The van der Waals surface area contributed by atoms with Crippen LogP contribution in [-0.4, -0.2) is 44.7 Å². The number of carbonyl (C=O) groups excluding carboxylic acids is 2. The summed E-state index contributed by atoms with van der Waals surface area (Å²) in [5.41, 5.74) is 3.71. The van der Waals surface area contributed by atoms with E-state index in [4.69, 9.17) is 14.2 Å². The van der Waals surface area contributed by atoms with Gasteiger partial charge in [0.2, 0.25) is 5.91 Å². The van der Waals surface area contributed by atoms with Crippen LogP contribution < -0.4 is 10.6 Å². The predicted octanol–water partition coefficient (Wildman–Crippen LogP) is 3.36. The SMILES string of the molecule is COCOCC(C)c1cc2c(cc1CCNC(=O)OC(C)(C)C)CCC(=O)N2. The van der Waals surface area contributed by atoms with Gasteiger partial charge in [0.15, 0.2) is 0 Å². The molecule has 7 nitrogen and oxygen atoms in total. The fourth-order valence-corrected chi connectivity index (χ4v) is 3.18. The van der Waals surface area contributed by atoms with Gasteiger partial charge in [0, 0.05) is 31.7 Å². The van der Waals surface area contributed by atoms with Gasteiger partial charge in [0.1, 0.15) is 12.4 Å². The second-order valence-electron chi connectivity index (χ2n) is 8.11. The van der Waals surface area contributed by atoms with E-state index < -0.39 is 11.7 Å². The first-order valence-electron chi connectivity index (χ1n) is 9.68. The van der Waals surface area contributed by atoms with E-state index in [-0.39, 0.29) is 18.6 Å². The average molecular weight is 392 g/mol.